The molecule has 0 amide bonds. The van der Waals surface area contributed by atoms with E-state index in [1.807, 2.05) is 47.7 Å². The molecule has 57 heavy (non-hydrogen) atoms. The van der Waals surface area contributed by atoms with E-state index >= 15 is 0 Å². The van der Waals surface area contributed by atoms with E-state index in [0.29, 0.717) is 17.5 Å². The zero-order chi connectivity index (χ0) is 37.5. The van der Waals surface area contributed by atoms with Crippen molar-refractivity contribution in [3.05, 3.63) is 188 Å². The molecule has 8 aromatic carbocycles. The first-order valence-electron chi connectivity index (χ1n) is 19.1. The highest BCUT2D eigenvalue weighted by Gasteiger charge is 2.22. The molecule has 0 atom stereocenters. The molecule has 0 unspecified atom stereocenters. The fourth-order valence-electron chi connectivity index (χ4n) is 8.63. The van der Waals surface area contributed by atoms with Crippen LogP contribution in [0.1, 0.15) is 0 Å². The maximum absolute atomic E-state index is 5.20. The number of para-hydroxylation sites is 3. The summed E-state index contributed by atoms with van der Waals surface area (Å²) in [6.45, 7) is 0. The molecule has 0 aliphatic heterocycles. The van der Waals surface area contributed by atoms with E-state index in [0.717, 1.165) is 49.9 Å². The molecule has 0 fully saturated rings. The van der Waals surface area contributed by atoms with Gasteiger partial charge >= 0.3 is 0 Å². The Bertz CT molecular complexity index is 3400. The normalized spacial score (nSPS) is 11.9. The van der Waals surface area contributed by atoms with E-state index in [-0.39, 0.29) is 0 Å². The van der Waals surface area contributed by atoms with Crippen LogP contribution in [0.4, 0.5) is 0 Å². The van der Waals surface area contributed by atoms with Gasteiger partial charge in [0.25, 0.3) is 0 Å². The van der Waals surface area contributed by atoms with Crippen LogP contribution in [0.15, 0.2) is 188 Å². The lowest BCUT2D eigenvalue weighted by atomic mass is 10.0. The summed E-state index contributed by atoms with van der Waals surface area (Å²) in [7, 11) is 0. The van der Waals surface area contributed by atoms with Gasteiger partial charge in [0, 0.05) is 69.8 Å². The second-order valence-electron chi connectivity index (χ2n) is 14.4. The standard InChI is InChI=1S/C51H31N5S/c1-4-15-32(16-5-1)49-52-50(33-17-6-2-7-18-33)54-51(53-49)38-23-14-26-44-48(38)41-30-40-39-29-35(56-42-24-12-10-21-36(42)37-22-11-13-25-43(37)56)27-28-46(39)57-47(40)31-45(41)55(44)34-19-8-3-9-20-34/h1-31H. The van der Waals surface area contributed by atoms with Gasteiger partial charge in [0.2, 0.25) is 0 Å². The van der Waals surface area contributed by atoms with Crippen molar-refractivity contribution in [2.75, 3.05) is 0 Å². The van der Waals surface area contributed by atoms with Crippen LogP contribution in [0.2, 0.25) is 0 Å². The van der Waals surface area contributed by atoms with Crippen LogP contribution in [0.25, 0.3) is 109 Å². The van der Waals surface area contributed by atoms with Gasteiger partial charge in [0.05, 0.1) is 22.1 Å². The van der Waals surface area contributed by atoms with Crippen molar-refractivity contribution in [1.82, 2.24) is 24.1 Å². The lowest BCUT2D eigenvalue weighted by Gasteiger charge is -2.10. The summed E-state index contributed by atoms with van der Waals surface area (Å²) < 4.78 is 7.30. The Labute approximate surface area is 331 Å². The molecule has 0 saturated heterocycles. The third-order valence-corrected chi connectivity index (χ3v) is 12.3. The fourth-order valence-corrected chi connectivity index (χ4v) is 9.74. The van der Waals surface area contributed by atoms with E-state index in [2.05, 4.69) is 161 Å². The molecule has 0 bridgehead atoms. The maximum atomic E-state index is 5.20. The Balaban J connectivity index is 1.15. The SMILES string of the molecule is c1ccc(-c2nc(-c3ccccc3)nc(-c3cccc4c3c3cc5c(cc3n4-c3ccccc3)sc3ccc(-n4c6ccccc6c6ccccc64)cc35)n2)cc1. The van der Waals surface area contributed by atoms with Gasteiger partial charge in [-0.25, -0.2) is 15.0 Å². The number of hydrogen-bond donors (Lipinski definition) is 0. The monoisotopic (exact) mass is 745 g/mol. The number of nitrogens with zero attached hydrogens (tertiary/aromatic N) is 5. The van der Waals surface area contributed by atoms with Gasteiger partial charge in [-0.15, -0.1) is 11.3 Å². The molecule has 0 aliphatic rings. The number of hydrogen-bond acceptors (Lipinski definition) is 4. The van der Waals surface area contributed by atoms with Crippen molar-refractivity contribution >= 4 is 75.1 Å². The minimum absolute atomic E-state index is 0.643. The summed E-state index contributed by atoms with van der Waals surface area (Å²) in [6, 6.07) is 66.7. The molecule has 12 rings (SSSR count). The average molecular weight is 746 g/mol. The van der Waals surface area contributed by atoms with Gasteiger partial charge in [-0.05, 0) is 60.7 Å². The number of aromatic nitrogens is 5. The predicted octanol–water partition coefficient (Wildman–Crippen LogP) is 13.4. The fraction of sp³-hybridized carbons (Fsp3) is 0. The summed E-state index contributed by atoms with van der Waals surface area (Å²) in [4.78, 5) is 15.4. The van der Waals surface area contributed by atoms with Crippen LogP contribution in [0.3, 0.4) is 0 Å². The minimum Gasteiger partial charge on any atom is -0.309 e. The molecule has 0 saturated carbocycles. The van der Waals surface area contributed by atoms with E-state index < -0.39 is 0 Å². The summed E-state index contributed by atoms with van der Waals surface area (Å²) in [6.07, 6.45) is 0. The van der Waals surface area contributed by atoms with Crippen LogP contribution < -0.4 is 0 Å². The molecule has 266 valence electrons. The number of benzene rings is 8. The van der Waals surface area contributed by atoms with E-state index in [1.165, 1.54) is 42.0 Å². The minimum atomic E-state index is 0.643. The summed E-state index contributed by atoms with van der Waals surface area (Å²) in [5.74, 6) is 1.93. The highest BCUT2D eigenvalue weighted by molar-refractivity contribution is 7.25. The van der Waals surface area contributed by atoms with Crippen molar-refractivity contribution in [2.24, 2.45) is 0 Å². The van der Waals surface area contributed by atoms with Gasteiger partial charge in [0.15, 0.2) is 17.5 Å². The first kappa shape index (κ1) is 31.9. The lowest BCUT2D eigenvalue weighted by Crippen LogP contribution is -2.00. The number of fused-ring (bicyclic) bond motifs is 9. The highest BCUT2D eigenvalue weighted by atomic mass is 32.1. The smallest absolute Gasteiger partial charge is 0.164 e. The third-order valence-electron chi connectivity index (χ3n) is 11.2. The van der Waals surface area contributed by atoms with Crippen molar-refractivity contribution < 1.29 is 0 Å². The molecule has 4 heterocycles. The molecular formula is C51H31N5S. The topological polar surface area (TPSA) is 48.5 Å². The van der Waals surface area contributed by atoms with Crippen LogP contribution >= 0.6 is 11.3 Å². The average Bonchev–Trinajstić information content (AvgIpc) is 3.93. The summed E-state index contributed by atoms with van der Waals surface area (Å²) in [5.41, 5.74) is 9.78. The Morgan fingerprint density at radius 1 is 0.333 bits per heavy atom. The number of rotatable bonds is 5. The van der Waals surface area contributed by atoms with Crippen LogP contribution in [-0.4, -0.2) is 24.1 Å². The van der Waals surface area contributed by atoms with Gasteiger partial charge in [-0.2, -0.15) is 0 Å². The maximum Gasteiger partial charge on any atom is 0.164 e. The predicted molar refractivity (Wildman–Crippen MR) is 238 cm³/mol. The first-order chi connectivity index (χ1) is 28.3. The summed E-state index contributed by atoms with van der Waals surface area (Å²) >= 11 is 1.85. The molecular weight excluding hydrogens is 715 g/mol. The van der Waals surface area contributed by atoms with E-state index in [1.54, 1.807) is 0 Å². The lowest BCUT2D eigenvalue weighted by molar-refractivity contribution is 1.08. The van der Waals surface area contributed by atoms with Crippen LogP contribution in [0, 0.1) is 0 Å². The van der Waals surface area contributed by atoms with Gasteiger partial charge in [-0.3, -0.25) is 0 Å². The Kier molecular flexibility index (Phi) is 7.03. The van der Waals surface area contributed by atoms with Crippen molar-refractivity contribution in [1.29, 1.82) is 0 Å². The zero-order valence-electron chi connectivity index (χ0n) is 30.5. The van der Waals surface area contributed by atoms with Crippen LogP contribution in [-0.2, 0) is 0 Å². The first-order valence-corrected chi connectivity index (χ1v) is 19.9. The molecule has 0 spiro atoms. The Morgan fingerprint density at radius 3 is 1.54 bits per heavy atom. The molecule has 6 heteroatoms. The quantitative estimate of drug-likeness (QED) is 0.176. The largest absolute Gasteiger partial charge is 0.309 e. The van der Waals surface area contributed by atoms with Crippen molar-refractivity contribution in [3.8, 4) is 45.5 Å². The molecule has 0 radical (unpaired) electrons. The van der Waals surface area contributed by atoms with Gasteiger partial charge in [0.1, 0.15) is 0 Å². The highest BCUT2D eigenvalue weighted by Crippen LogP contribution is 2.44. The van der Waals surface area contributed by atoms with Gasteiger partial charge in [-0.1, -0.05) is 127 Å². The van der Waals surface area contributed by atoms with Crippen molar-refractivity contribution in [3.63, 3.8) is 0 Å². The molecule has 12 aromatic rings. The Morgan fingerprint density at radius 2 is 0.877 bits per heavy atom. The van der Waals surface area contributed by atoms with E-state index in [9.17, 15) is 0 Å². The molecule has 5 nitrogen and oxygen atoms in total. The second kappa shape index (κ2) is 12.6. The van der Waals surface area contributed by atoms with Crippen LogP contribution in [0.5, 0.6) is 0 Å². The summed E-state index contributed by atoms with van der Waals surface area (Å²) in [5, 5.41) is 7.26. The zero-order valence-corrected chi connectivity index (χ0v) is 31.4. The second-order valence-corrected chi connectivity index (χ2v) is 15.5. The van der Waals surface area contributed by atoms with E-state index in [4.69, 9.17) is 15.0 Å². The molecule has 4 aromatic heterocycles. The molecule has 0 aliphatic carbocycles. The van der Waals surface area contributed by atoms with Gasteiger partial charge < -0.3 is 9.13 Å². The third kappa shape index (κ3) is 4.98. The Hall–Kier alpha value is -7.41. The van der Waals surface area contributed by atoms with Crippen molar-refractivity contribution in [2.45, 2.75) is 0 Å². The number of thiophene rings is 1. The molecule has 0 N–H and O–H groups in total.